The molecule has 4 heterocycles. The quantitative estimate of drug-likeness (QED) is 0.797. The lowest BCUT2D eigenvalue weighted by atomic mass is 9.77. The van der Waals surface area contributed by atoms with Crippen LogP contribution in [-0.4, -0.2) is 55.1 Å². The molecule has 1 aromatic rings. The van der Waals surface area contributed by atoms with Crippen LogP contribution in [0.4, 0.5) is 5.13 Å². The number of nitrogens with one attached hydrogen (secondary N) is 1. The van der Waals surface area contributed by atoms with Gasteiger partial charge in [0.2, 0.25) is 5.91 Å². The molecule has 8 heteroatoms. The Bertz CT molecular complexity index is 588. The molecule has 3 saturated heterocycles. The van der Waals surface area contributed by atoms with Crippen molar-refractivity contribution in [2.75, 3.05) is 44.2 Å². The number of hydrogen-bond donors (Lipinski definition) is 1. The van der Waals surface area contributed by atoms with Gasteiger partial charge in [-0.25, -0.2) is 4.98 Å². The Morgan fingerprint density at radius 3 is 2.42 bits per heavy atom. The van der Waals surface area contributed by atoms with Crippen LogP contribution in [0, 0.1) is 18.3 Å². The number of halogens is 2. The van der Waals surface area contributed by atoms with E-state index in [9.17, 15) is 4.79 Å². The molecule has 1 N–H and O–H groups in total. The summed E-state index contributed by atoms with van der Waals surface area (Å²) in [6.45, 7) is 8.21. The molecule has 0 unspecified atom stereocenters. The topological polar surface area (TPSA) is 48.5 Å². The number of nitrogens with zero attached hydrogens (tertiary/aromatic N) is 3. The van der Waals surface area contributed by atoms with E-state index >= 15 is 0 Å². The van der Waals surface area contributed by atoms with Crippen LogP contribution in [0.2, 0.25) is 0 Å². The predicted octanol–water partition coefficient (Wildman–Crippen LogP) is 3.11. The molecule has 26 heavy (non-hydrogen) atoms. The highest BCUT2D eigenvalue weighted by molar-refractivity contribution is 7.13. The van der Waals surface area contributed by atoms with Gasteiger partial charge in [0.15, 0.2) is 5.13 Å². The van der Waals surface area contributed by atoms with Crippen LogP contribution in [0.5, 0.6) is 0 Å². The number of amides is 1. The number of thiazole rings is 1. The second-order valence-corrected chi connectivity index (χ2v) is 8.62. The highest BCUT2D eigenvalue weighted by Gasteiger charge is 2.39. The number of rotatable bonds is 2. The van der Waals surface area contributed by atoms with Gasteiger partial charge in [0, 0.05) is 44.0 Å². The highest BCUT2D eigenvalue weighted by atomic mass is 35.5. The Hall–Kier alpha value is -0.560. The molecule has 0 radical (unpaired) electrons. The first-order chi connectivity index (χ1) is 11.7. The monoisotopic (exact) mass is 420 g/mol. The average Bonchev–Trinajstić information content (AvgIpc) is 3.25. The van der Waals surface area contributed by atoms with Gasteiger partial charge in [-0.2, -0.15) is 0 Å². The first-order valence-electron chi connectivity index (χ1n) is 9.32. The summed E-state index contributed by atoms with van der Waals surface area (Å²) >= 11 is 1.72. The standard InChI is InChI=1S/C18H28N4OS.2ClH/c1-14-12-24-17(20-14)22-8-2-15(3-9-22)16(23)21-10-5-18(6-11-21)4-7-19-13-18;;/h12,15,19H,2-11,13H2,1H3;2*1H. The minimum absolute atomic E-state index is 0. The summed E-state index contributed by atoms with van der Waals surface area (Å²) in [5.41, 5.74) is 1.58. The molecule has 0 saturated carbocycles. The number of piperidine rings is 2. The van der Waals surface area contributed by atoms with Crippen LogP contribution in [0.25, 0.3) is 0 Å². The van der Waals surface area contributed by atoms with Gasteiger partial charge in [-0.05, 0) is 51.0 Å². The molecule has 1 amide bonds. The van der Waals surface area contributed by atoms with Crippen molar-refractivity contribution in [1.29, 1.82) is 0 Å². The molecule has 3 fully saturated rings. The number of aromatic nitrogens is 1. The van der Waals surface area contributed by atoms with Gasteiger partial charge < -0.3 is 15.1 Å². The number of carbonyl (C=O) groups is 1. The second-order valence-electron chi connectivity index (χ2n) is 7.78. The fourth-order valence-electron chi connectivity index (χ4n) is 4.49. The summed E-state index contributed by atoms with van der Waals surface area (Å²) in [6.07, 6.45) is 5.61. The van der Waals surface area contributed by atoms with Gasteiger partial charge >= 0.3 is 0 Å². The maximum absolute atomic E-state index is 12.9. The summed E-state index contributed by atoms with van der Waals surface area (Å²) in [4.78, 5) is 22.0. The van der Waals surface area contributed by atoms with Crippen molar-refractivity contribution in [1.82, 2.24) is 15.2 Å². The van der Waals surface area contributed by atoms with E-state index in [1.165, 1.54) is 19.3 Å². The van der Waals surface area contributed by atoms with Crippen molar-refractivity contribution in [2.24, 2.45) is 11.3 Å². The van der Waals surface area contributed by atoms with E-state index in [1.54, 1.807) is 11.3 Å². The van der Waals surface area contributed by atoms with E-state index in [0.717, 1.165) is 62.9 Å². The third kappa shape index (κ3) is 4.46. The molecule has 0 atom stereocenters. The molecule has 1 aromatic heterocycles. The molecular formula is C18H30Cl2N4OS. The summed E-state index contributed by atoms with van der Waals surface area (Å²) in [6, 6.07) is 0. The van der Waals surface area contributed by atoms with Gasteiger partial charge in [0.1, 0.15) is 0 Å². The lowest BCUT2D eigenvalue weighted by Gasteiger charge is -2.41. The lowest BCUT2D eigenvalue weighted by molar-refractivity contribution is -0.138. The van der Waals surface area contributed by atoms with Crippen LogP contribution >= 0.6 is 36.2 Å². The SMILES string of the molecule is Cc1csc(N2CCC(C(=O)N3CCC4(CCNC4)CC3)CC2)n1.Cl.Cl. The molecular weight excluding hydrogens is 391 g/mol. The van der Waals surface area contributed by atoms with Gasteiger partial charge in [-0.15, -0.1) is 36.2 Å². The van der Waals surface area contributed by atoms with Crippen molar-refractivity contribution in [3.63, 3.8) is 0 Å². The third-order valence-electron chi connectivity index (χ3n) is 6.19. The summed E-state index contributed by atoms with van der Waals surface area (Å²) in [5.74, 6) is 0.629. The van der Waals surface area contributed by atoms with E-state index in [-0.39, 0.29) is 30.7 Å². The Morgan fingerprint density at radius 1 is 1.19 bits per heavy atom. The first kappa shape index (κ1) is 21.7. The number of aryl methyl sites for hydroxylation is 1. The fraction of sp³-hybridized carbons (Fsp3) is 0.778. The van der Waals surface area contributed by atoms with Crippen molar-refractivity contribution in [2.45, 2.75) is 39.0 Å². The average molecular weight is 421 g/mol. The minimum Gasteiger partial charge on any atom is -0.348 e. The van der Waals surface area contributed by atoms with Crippen LogP contribution in [-0.2, 0) is 4.79 Å². The maximum Gasteiger partial charge on any atom is 0.225 e. The molecule has 0 bridgehead atoms. The molecule has 0 aromatic carbocycles. The number of likely N-dealkylation sites (tertiary alicyclic amines) is 1. The van der Waals surface area contributed by atoms with Crippen molar-refractivity contribution in [3.05, 3.63) is 11.1 Å². The van der Waals surface area contributed by atoms with Crippen LogP contribution in [0.1, 0.15) is 37.8 Å². The first-order valence-corrected chi connectivity index (χ1v) is 10.2. The fourth-order valence-corrected chi connectivity index (χ4v) is 5.34. The minimum atomic E-state index is 0. The Labute approximate surface area is 172 Å². The number of carbonyl (C=O) groups excluding carboxylic acids is 1. The Morgan fingerprint density at radius 2 is 1.88 bits per heavy atom. The van der Waals surface area contributed by atoms with Gasteiger partial charge in [-0.1, -0.05) is 0 Å². The number of anilines is 1. The third-order valence-corrected chi connectivity index (χ3v) is 7.21. The van der Waals surface area contributed by atoms with Gasteiger partial charge in [0.25, 0.3) is 0 Å². The zero-order chi connectivity index (χ0) is 16.6. The molecule has 0 aliphatic carbocycles. The Kier molecular flexibility index (Phi) is 7.60. The molecule has 5 nitrogen and oxygen atoms in total. The largest absolute Gasteiger partial charge is 0.348 e. The van der Waals surface area contributed by atoms with Crippen molar-refractivity contribution >= 4 is 47.2 Å². The maximum atomic E-state index is 12.9. The molecule has 3 aliphatic heterocycles. The van der Waals surface area contributed by atoms with Crippen LogP contribution < -0.4 is 10.2 Å². The van der Waals surface area contributed by atoms with E-state index in [2.05, 4.69) is 25.5 Å². The molecule has 3 aliphatic rings. The molecule has 1 spiro atoms. The number of hydrogen-bond acceptors (Lipinski definition) is 5. The zero-order valence-electron chi connectivity index (χ0n) is 15.4. The van der Waals surface area contributed by atoms with E-state index in [4.69, 9.17) is 0 Å². The summed E-state index contributed by atoms with van der Waals surface area (Å²) in [7, 11) is 0. The second kappa shape index (κ2) is 9.09. The smallest absolute Gasteiger partial charge is 0.225 e. The Balaban J connectivity index is 0.00000121. The van der Waals surface area contributed by atoms with Gasteiger partial charge in [0.05, 0.1) is 5.69 Å². The molecule has 148 valence electrons. The van der Waals surface area contributed by atoms with Crippen molar-refractivity contribution < 1.29 is 4.79 Å². The van der Waals surface area contributed by atoms with Crippen LogP contribution in [0.3, 0.4) is 0 Å². The van der Waals surface area contributed by atoms with Crippen LogP contribution in [0.15, 0.2) is 5.38 Å². The predicted molar refractivity (Wildman–Crippen MR) is 112 cm³/mol. The lowest BCUT2D eigenvalue weighted by Crippen LogP contribution is -2.48. The molecule has 4 rings (SSSR count). The normalized spacial score (nSPS) is 22.8. The van der Waals surface area contributed by atoms with Crippen molar-refractivity contribution in [3.8, 4) is 0 Å². The summed E-state index contributed by atoms with van der Waals surface area (Å²) in [5, 5.41) is 6.72. The highest BCUT2D eigenvalue weighted by Crippen LogP contribution is 2.37. The van der Waals surface area contributed by atoms with E-state index in [0.29, 0.717) is 11.3 Å². The summed E-state index contributed by atoms with van der Waals surface area (Å²) < 4.78 is 0. The zero-order valence-corrected chi connectivity index (χ0v) is 17.9. The van der Waals surface area contributed by atoms with E-state index in [1.807, 2.05) is 6.92 Å². The van der Waals surface area contributed by atoms with Gasteiger partial charge in [-0.3, -0.25) is 4.79 Å². The van der Waals surface area contributed by atoms with E-state index < -0.39 is 0 Å².